The van der Waals surface area contributed by atoms with Crippen molar-refractivity contribution >= 4 is 17.8 Å². The molecular weight excluding hydrogens is 180 g/mol. The van der Waals surface area contributed by atoms with Crippen molar-refractivity contribution in [3.63, 3.8) is 0 Å². The standard InChI is InChI=1S/C6H8N2O5/c9-4-2-8(13)6(12)3(7-4)1-5(10)11/h3,13H,1-2H2,(H,7,9)(H,10,11)/t3-/m0/s1. The van der Waals surface area contributed by atoms with E-state index in [1.807, 2.05) is 0 Å². The minimum Gasteiger partial charge on any atom is -0.481 e. The van der Waals surface area contributed by atoms with Crippen LogP contribution in [0.4, 0.5) is 0 Å². The summed E-state index contributed by atoms with van der Waals surface area (Å²) in [7, 11) is 0. The van der Waals surface area contributed by atoms with E-state index >= 15 is 0 Å². The van der Waals surface area contributed by atoms with E-state index in [2.05, 4.69) is 5.32 Å². The van der Waals surface area contributed by atoms with Gasteiger partial charge in [-0.2, -0.15) is 0 Å². The number of hydrogen-bond acceptors (Lipinski definition) is 4. The number of carboxylic acid groups (broad SMARTS) is 1. The van der Waals surface area contributed by atoms with Gasteiger partial charge in [-0.3, -0.25) is 19.6 Å². The van der Waals surface area contributed by atoms with Crippen molar-refractivity contribution in [3.05, 3.63) is 0 Å². The molecule has 7 nitrogen and oxygen atoms in total. The molecule has 1 aliphatic rings. The summed E-state index contributed by atoms with van der Waals surface area (Å²) in [6.07, 6.45) is -0.526. The number of hydroxylamine groups is 2. The summed E-state index contributed by atoms with van der Waals surface area (Å²) in [4.78, 5) is 32.0. The second-order valence-electron chi connectivity index (χ2n) is 2.61. The molecule has 1 rings (SSSR count). The minimum absolute atomic E-state index is 0.215. The molecule has 2 amide bonds. The molecule has 1 fully saturated rings. The molecule has 0 radical (unpaired) electrons. The highest BCUT2D eigenvalue weighted by Gasteiger charge is 2.33. The van der Waals surface area contributed by atoms with Crippen LogP contribution in [0.15, 0.2) is 0 Å². The third-order valence-electron chi connectivity index (χ3n) is 1.56. The highest BCUT2D eigenvalue weighted by Crippen LogP contribution is 2.02. The number of rotatable bonds is 2. The zero-order valence-electron chi connectivity index (χ0n) is 6.56. The summed E-state index contributed by atoms with van der Waals surface area (Å²) < 4.78 is 0. The summed E-state index contributed by atoms with van der Waals surface area (Å²) in [6.45, 7) is -0.449. The molecule has 1 saturated heterocycles. The van der Waals surface area contributed by atoms with Crippen LogP contribution in [0.25, 0.3) is 0 Å². The number of carbonyl (C=O) groups excluding carboxylic acids is 2. The fraction of sp³-hybridized carbons (Fsp3) is 0.500. The molecular formula is C6H8N2O5. The maximum Gasteiger partial charge on any atom is 0.305 e. The Morgan fingerprint density at radius 1 is 1.62 bits per heavy atom. The van der Waals surface area contributed by atoms with E-state index in [-0.39, 0.29) is 5.06 Å². The van der Waals surface area contributed by atoms with E-state index in [9.17, 15) is 14.4 Å². The van der Waals surface area contributed by atoms with E-state index in [0.717, 1.165) is 0 Å². The molecule has 0 aromatic carbocycles. The van der Waals surface area contributed by atoms with E-state index in [1.165, 1.54) is 0 Å². The molecule has 3 N–H and O–H groups in total. The Labute approximate surface area is 72.9 Å². The number of carboxylic acids is 1. The van der Waals surface area contributed by atoms with Crippen molar-refractivity contribution in [2.75, 3.05) is 6.54 Å². The highest BCUT2D eigenvalue weighted by atomic mass is 16.5. The molecule has 0 unspecified atom stereocenters. The van der Waals surface area contributed by atoms with E-state index in [1.54, 1.807) is 0 Å². The number of nitrogens with zero attached hydrogens (tertiary/aromatic N) is 1. The molecule has 72 valence electrons. The van der Waals surface area contributed by atoms with Crippen molar-refractivity contribution in [1.29, 1.82) is 0 Å². The van der Waals surface area contributed by atoms with Crippen LogP contribution in [-0.2, 0) is 14.4 Å². The quantitative estimate of drug-likeness (QED) is 0.442. The van der Waals surface area contributed by atoms with Gasteiger partial charge in [-0.1, -0.05) is 0 Å². The van der Waals surface area contributed by atoms with Crippen LogP contribution in [0.5, 0.6) is 0 Å². The Bertz CT molecular complexity index is 262. The predicted octanol–water partition coefficient (Wildman–Crippen LogP) is -1.82. The average Bonchev–Trinajstić information content (AvgIpc) is 1.98. The molecule has 0 aromatic rings. The number of amides is 2. The molecule has 13 heavy (non-hydrogen) atoms. The number of piperazine rings is 1. The largest absolute Gasteiger partial charge is 0.481 e. The van der Waals surface area contributed by atoms with E-state index in [4.69, 9.17) is 10.3 Å². The Kier molecular flexibility index (Phi) is 2.47. The molecule has 1 heterocycles. The average molecular weight is 188 g/mol. The van der Waals surface area contributed by atoms with Gasteiger partial charge in [-0.25, -0.2) is 5.06 Å². The van der Waals surface area contributed by atoms with Crippen LogP contribution < -0.4 is 5.32 Å². The lowest BCUT2D eigenvalue weighted by atomic mass is 10.1. The van der Waals surface area contributed by atoms with E-state index in [0.29, 0.717) is 0 Å². The van der Waals surface area contributed by atoms with Gasteiger partial charge in [0.15, 0.2) is 0 Å². The molecule has 1 aliphatic heterocycles. The lowest BCUT2D eigenvalue weighted by Crippen LogP contribution is -2.57. The normalized spacial score (nSPS) is 22.8. The third kappa shape index (κ3) is 2.15. The van der Waals surface area contributed by atoms with Gasteiger partial charge >= 0.3 is 5.97 Å². The van der Waals surface area contributed by atoms with Crippen molar-refractivity contribution in [3.8, 4) is 0 Å². The van der Waals surface area contributed by atoms with Gasteiger partial charge < -0.3 is 10.4 Å². The molecule has 1 atom stereocenters. The lowest BCUT2D eigenvalue weighted by molar-refractivity contribution is -0.178. The topological polar surface area (TPSA) is 107 Å². The van der Waals surface area contributed by atoms with E-state index < -0.39 is 36.8 Å². The van der Waals surface area contributed by atoms with Gasteiger partial charge in [0.05, 0.1) is 6.42 Å². The van der Waals surface area contributed by atoms with Crippen LogP contribution in [0.2, 0.25) is 0 Å². The first-order valence-electron chi connectivity index (χ1n) is 3.52. The molecule has 0 bridgehead atoms. The van der Waals surface area contributed by atoms with Gasteiger partial charge in [-0.15, -0.1) is 0 Å². The predicted molar refractivity (Wildman–Crippen MR) is 37.7 cm³/mol. The number of nitrogens with one attached hydrogen (secondary N) is 1. The van der Waals surface area contributed by atoms with Crippen molar-refractivity contribution < 1.29 is 24.7 Å². The van der Waals surface area contributed by atoms with Gasteiger partial charge in [0.25, 0.3) is 5.91 Å². The first-order valence-corrected chi connectivity index (χ1v) is 3.52. The van der Waals surface area contributed by atoms with Crippen molar-refractivity contribution in [1.82, 2.24) is 10.4 Å². The van der Waals surface area contributed by atoms with Crippen LogP contribution in [0.1, 0.15) is 6.42 Å². The van der Waals surface area contributed by atoms with Crippen molar-refractivity contribution in [2.45, 2.75) is 12.5 Å². The highest BCUT2D eigenvalue weighted by molar-refractivity contribution is 5.95. The maximum absolute atomic E-state index is 11.0. The lowest BCUT2D eigenvalue weighted by Gasteiger charge is -2.26. The zero-order chi connectivity index (χ0) is 10.0. The van der Waals surface area contributed by atoms with Gasteiger partial charge in [0.1, 0.15) is 12.6 Å². The Morgan fingerprint density at radius 3 is 2.77 bits per heavy atom. The minimum atomic E-state index is -1.21. The van der Waals surface area contributed by atoms with Gasteiger partial charge in [-0.05, 0) is 0 Å². The molecule has 0 aliphatic carbocycles. The second kappa shape index (κ2) is 3.40. The SMILES string of the molecule is O=C(O)C[C@@H]1NC(=O)CN(O)C1=O. The number of carbonyl (C=O) groups is 3. The third-order valence-corrected chi connectivity index (χ3v) is 1.56. The summed E-state index contributed by atoms with van der Waals surface area (Å²) >= 11 is 0. The molecule has 0 saturated carbocycles. The van der Waals surface area contributed by atoms with Crippen LogP contribution in [-0.4, -0.2) is 45.7 Å². The van der Waals surface area contributed by atoms with Crippen LogP contribution in [0.3, 0.4) is 0 Å². The molecule has 0 aromatic heterocycles. The monoisotopic (exact) mass is 188 g/mol. The molecule has 0 spiro atoms. The Hall–Kier alpha value is -1.63. The zero-order valence-corrected chi connectivity index (χ0v) is 6.56. The summed E-state index contributed by atoms with van der Waals surface area (Å²) in [6, 6.07) is -1.16. The summed E-state index contributed by atoms with van der Waals surface area (Å²) in [5, 5.41) is 19.6. The van der Waals surface area contributed by atoms with Gasteiger partial charge in [0, 0.05) is 0 Å². The van der Waals surface area contributed by atoms with Gasteiger partial charge in [0.2, 0.25) is 5.91 Å². The van der Waals surface area contributed by atoms with Crippen LogP contribution in [0, 0.1) is 0 Å². The fourth-order valence-corrected chi connectivity index (χ4v) is 1.01. The number of aliphatic carboxylic acids is 1. The Morgan fingerprint density at radius 2 is 2.23 bits per heavy atom. The smallest absolute Gasteiger partial charge is 0.305 e. The van der Waals surface area contributed by atoms with Crippen LogP contribution >= 0.6 is 0 Å². The molecule has 7 heteroatoms. The maximum atomic E-state index is 11.0. The fourth-order valence-electron chi connectivity index (χ4n) is 1.01. The second-order valence-corrected chi connectivity index (χ2v) is 2.61. The first-order chi connectivity index (χ1) is 6.00. The summed E-state index contributed by atoms with van der Waals surface area (Å²) in [5.41, 5.74) is 0. The Balaban J connectivity index is 2.66. The summed E-state index contributed by atoms with van der Waals surface area (Å²) in [5.74, 6) is -2.59. The number of hydrogen-bond donors (Lipinski definition) is 3. The van der Waals surface area contributed by atoms with Crippen molar-refractivity contribution in [2.24, 2.45) is 0 Å². The first kappa shape index (κ1) is 9.46.